The molecule has 3 rings (SSSR count). The van der Waals surface area contributed by atoms with Crippen LogP contribution in [0.25, 0.3) is 0 Å². The number of nitriles is 2. The Morgan fingerprint density at radius 1 is 0.872 bits per heavy atom. The minimum atomic E-state index is -0.483. The predicted molar refractivity (Wildman–Crippen MR) is 155 cm³/mol. The van der Waals surface area contributed by atoms with Gasteiger partial charge in [-0.2, -0.15) is 10.5 Å². The molecule has 0 bridgehead atoms. The number of carbonyl (C=O) groups excluding carboxylic acids is 2. The van der Waals surface area contributed by atoms with Gasteiger partial charge in [0, 0.05) is 35.9 Å². The number of nitrogens with zero attached hydrogens (tertiary/aromatic N) is 5. The van der Waals surface area contributed by atoms with Crippen LogP contribution in [0.2, 0.25) is 0 Å². The molecule has 2 aliphatic heterocycles. The van der Waals surface area contributed by atoms with Crippen LogP contribution in [0.3, 0.4) is 0 Å². The average Bonchev–Trinajstić information content (AvgIpc) is 3.18. The van der Waals surface area contributed by atoms with Gasteiger partial charge in [0.1, 0.15) is 0 Å². The third kappa shape index (κ3) is 4.98. The Balaban J connectivity index is 0.000000282. The van der Waals surface area contributed by atoms with Crippen molar-refractivity contribution in [2.45, 2.75) is 144 Å². The van der Waals surface area contributed by atoms with E-state index in [1.165, 1.54) is 6.42 Å². The summed E-state index contributed by atoms with van der Waals surface area (Å²) in [7, 11) is 1.88. The maximum Gasteiger partial charge on any atom is 0.228 e. The quantitative estimate of drug-likeness (QED) is 0.478. The highest BCUT2D eigenvalue weighted by atomic mass is 16.2. The molecule has 1 saturated carbocycles. The van der Waals surface area contributed by atoms with Gasteiger partial charge in [0.05, 0.1) is 22.2 Å². The van der Waals surface area contributed by atoms with E-state index in [4.69, 9.17) is 5.26 Å². The summed E-state index contributed by atoms with van der Waals surface area (Å²) < 4.78 is 0. The normalized spacial score (nSPS) is 27.9. The molecule has 39 heavy (non-hydrogen) atoms. The molecule has 220 valence electrons. The van der Waals surface area contributed by atoms with Gasteiger partial charge >= 0.3 is 0 Å². The largest absolute Gasteiger partial charge is 0.351 e. The Morgan fingerprint density at radius 2 is 1.38 bits per heavy atom. The molecule has 0 radical (unpaired) electrons. The molecule has 0 aromatic heterocycles. The van der Waals surface area contributed by atoms with Crippen molar-refractivity contribution < 1.29 is 9.59 Å². The minimum absolute atomic E-state index is 0.0740. The van der Waals surface area contributed by atoms with E-state index in [-0.39, 0.29) is 39.8 Å². The first-order chi connectivity index (χ1) is 17.4. The van der Waals surface area contributed by atoms with Gasteiger partial charge in [0.2, 0.25) is 11.8 Å². The third-order valence-electron chi connectivity index (χ3n) is 10.8. The van der Waals surface area contributed by atoms with Gasteiger partial charge in [-0.3, -0.25) is 14.5 Å². The molecular weight excluding hydrogens is 488 g/mol. The zero-order valence-corrected chi connectivity index (χ0v) is 27.2. The van der Waals surface area contributed by atoms with Gasteiger partial charge < -0.3 is 15.1 Å². The standard InChI is InChI=1S/C18H33N3O.C13H21N3O/c1-14(2,3)13(22)20(11)18(10)15(4,5)16(6,7)21(12-19)17(18,8)9;1-12(2,3)11(17)15-10-7-13(5-4-6-13)16(8-10)9-14/h1-11H3;10H,4-8H2,1-3H3,(H,15,17). The number of likely N-dealkylation sites (N-methyl/N-ethyl adjacent to an activating group) is 1. The number of likely N-dealkylation sites (tertiary alicyclic amines) is 2. The number of hydrogen-bond acceptors (Lipinski definition) is 6. The second-order valence-electron chi connectivity index (χ2n) is 15.8. The molecule has 2 heterocycles. The van der Waals surface area contributed by atoms with Crippen LogP contribution in [0.4, 0.5) is 0 Å². The Kier molecular flexibility index (Phi) is 8.27. The minimum Gasteiger partial charge on any atom is -0.351 e. The summed E-state index contributed by atoms with van der Waals surface area (Å²) in [5, 5.41) is 22.0. The van der Waals surface area contributed by atoms with Crippen molar-refractivity contribution in [1.82, 2.24) is 20.0 Å². The van der Waals surface area contributed by atoms with Crippen LogP contribution in [0, 0.1) is 39.2 Å². The second-order valence-corrected chi connectivity index (χ2v) is 15.8. The Labute approximate surface area is 238 Å². The molecule has 8 heteroatoms. The fraction of sp³-hybridized carbons (Fsp3) is 0.871. The zero-order chi connectivity index (χ0) is 30.6. The van der Waals surface area contributed by atoms with Gasteiger partial charge in [-0.25, -0.2) is 0 Å². The van der Waals surface area contributed by atoms with Crippen molar-refractivity contribution in [1.29, 1.82) is 10.5 Å². The summed E-state index contributed by atoms with van der Waals surface area (Å²) in [5.41, 5.74) is -2.30. The number of nitrogens with one attached hydrogen (secondary N) is 1. The smallest absolute Gasteiger partial charge is 0.228 e. The highest BCUT2D eigenvalue weighted by Gasteiger charge is 2.72. The van der Waals surface area contributed by atoms with Crippen LogP contribution in [-0.4, -0.2) is 68.3 Å². The van der Waals surface area contributed by atoms with E-state index in [1.54, 1.807) is 0 Å². The second kappa shape index (κ2) is 9.86. The molecule has 1 aliphatic carbocycles. The summed E-state index contributed by atoms with van der Waals surface area (Å²) in [5.74, 6) is 0.184. The number of carbonyl (C=O) groups is 2. The third-order valence-corrected chi connectivity index (χ3v) is 10.8. The highest BCUT2D eigenvalue weighted by molar-refractivity contribution is 5.82. The fourth-order valence-electron chi connectivity index (χ4n) is 7.09. The lowest BCUT2D eigenvalue weighted by Crippen LogP contribution is -2.66. The lowest BCUT2D eigenvalue weighted by atomic mass is 9.60. The van der Waals surface area contributed by atoms with Crippen LogP contribution >= 0.6 is 0 Å². The first-order valence-electron chi connectivity index (χ1n) is 14.3. The van der Waals surface area contributed by atoms with Crippen molar-refractivity contribution in [2.24, 2.45) is 16.2 Å². The molecule has 2 amide bonds. The van der Waals surface area contributed by atoms with E-state index in [2.05, 4.69) is 66.2 Å². The van der Waals surface area contributed by atoms with Crippen molar-refractivity contribution >= 4 is 11.8 Å². The van der Waals surface area contributed by atoms with Gasteiger partial charge in [0.15, 0.2) is 12.4 Å². The van der Waals surface area contributed by atoms with Gasteiger partial charge in [-0.15, -0.1) is 0 Å². The molecule has 3 aliphatic rings. The van der Waals surface area contributed by atoms with Crippen LogP contribution in [0.15, 0.2) is 0 Å². The van der Waals surface area contributed by atoms with E-state index in [0.717, 1.165) is 19.3 Å². The summed E-state index contributed by atoms with van der Waals surface area (Å²) >= 11 is 0. The molecule has 1 spiro atoms. The molecule has 2 atom stereocenters. The van der Waals surface area contributed by atoms with E-state index < -0.39 is 16.5 Å². The first kappa shape index (κ1) is 32.7. The van der Waals surface area contributed by atoms with E-state index in [1.807, 2.05) is 63.3 Å². The van der Waals surface area contributed by atoms with Crippen LogP contribution < -0.4 is 5.32 Å². The Hall–Kier alpha value is -2.48. The van der Waals surface area contributed by atoms with Gasteiger partial charge in [-0.05, 0) is 60.3 Å². The molecule has 3 fully saturated rings. The van der Waals surface area contributed by atoms with Crippen LogP contribution in [0.5, 0.6) is 0 Å². The summed E-state index contributed by atoms with van der Waals surface area (Å²) in [6.07, 6.45) is 9.00. The van der Waals surface area contributed by atoms with Gasteiger partial charge in [-0.1, -0.05) is 55.4 Å². The number of rotatable bonds is 2. The molecule has 2 saturated heterocycles. The molecular formula is C31H54N6O2. The van der Waals surface area contributed by atoms with Crippen LogP contribution in [0.1, 0.15) is 116 Å². The van der Waals surface area contributed by atoms with E-state index >= 15 is 0 Å². The number of amides is 2. The Bertz CT molecular complexity index is 1040. The summed E-state index contributed by atoms with van der Waals surface area (Å²) in [4.78, 5) is 30.5. The van der Waals surface area contributed by atoms with E-state index in [9.17, 15) is 14.9 Å². The highest BCUT2D eigenvalue weighted by Crippen LogP contribution is 2.61. The first-order valence-corrected chi connectivity index (χ1v) is 14.3. The Morgan fingerprint density at radius 3 is 1.69 bits per heavy atom. The molecule has 8 nitrogen and oxygen atoms in total. The SMILES string of the molecule is CC(C)(C)C(=O)NC1CN(C#N)C2(CCC2)C1.CN(C(=O)C(C)(C)C)C1(C)C(C)(C)N(C#N)C(C)(C)C1(C)C. The van der Waals surface area contributed by atoms with Crippen molar-refractivity contribution in [3.8, 4) is 12.4 Å². The lowest BCUT2D eigenvalue weighted by Gasteiger charge is -2.54. The van der Waals surface area contributed by atoms with E-state index in [0.29, 0.717) is 6.54 Å². The average molecular weight is 543 g/mol. The summed E-state index contributed by atoms with van der Waals surface area (Å²) in [6.45, 7) is 27.0. The monoisotopic (exact) mass is 542 g/mol. The van der Waals surface area contributed by atoms with Crippen LogP contribution in [-0.2, 0) is 9.59 Å². The van der Waals surface area contributed by atoms with Crippen molar-refractivity contribution in [3.05, 3.63) is 0 Å². The molecule has 0 aromatic rings. The summed E-state index contributed by atoms with van der Waals surface area (Å²) in [6, 6.07) is 0.140. The van der Waals surface area contributed by atoms with Crippen molar-refractivity contribution in [3.63, 3.8) is 0 Å². The predicted octanol–water partition coefficient (Wildman–Crippen LogP) is 5.26. The van der Waals surface area contributed by atoms with Gasteiger partial charge in [0.25, 0.3) is 0 Å². The molecule has 0 aromatic carbocycles. The maximum atomic E-state index is 13.0. The maximum absolute atomic E-state index is 13.0. The molecule has 2 unspecified atom stereocenters. The lowest BCUT2D eigenvalue weighted by molar-refractivity contribution is -0.151. The topological polar surface area (TPSA) is 103 Å². The zero-order valence-electron chi connectivity index (χ0n) is 27.2. The molecule has 1 N–H and O–H groups in total. The fourth-order valence-corrected chi connectivity index (χ4v) is 7.09. The number of hydrogen-bond donors (Lipinski definition) is 1. The van der Waals surface area contributed by atoms with Crippen molar-refractivity contribution in [2.75, 3.05) is 13.6 Å².